The maximum atomic E-state index is 12.2. The van der Waals surface area contributed by atoms with Crippen LogP contribution in [0.25, 0.3) is 0 Å². The number of nitrogens with zero attached hydrogens (tertiary/aromatic N) is 1. The maximum Gasteiger partial charge on any atom is 0.152 e. The fourth-order valence-corrected chi connectivity index (χ4v) is 4.36. The summed E-state index contributed by atoms with van der Waals surface area (Å²) in [4.78, 5) is 0. The monoisotopic (exact) mass is 195 g/mol. The second-order valence-electron chi connectivity index (χ2n) is 3.60. The molecule has 0 saturated carbocycles. The summed E-state index contributed by atoms with van der Waals surface area (Å²) in [5.41, 5.74) is 0. The van der Waals surface area contributed by atoms with Gasteiger partial charge in [-0.25, -0.2) is 0 Å². The lowest BCUT2D eigenvalue weighted by atomic mass is 9.98. The SMILES string of the molecule is C#CC1CP(=O)(N(C)C)CC1C#C. The van der Waals surface area contributed by atoms with E-state index >= 15 is 0 Å². The zero-order valence-electron chi connectivity index (χ0n) is 8.03. The Labute approximate surface area is 80.1 Å². The second kappa shape index (κ2) is 3.59. The molecule has 0 amide bonds. The summed E-state index contributed by atoms with van der Waals surface area (Å²) in [5.74, 6) is 5.26. The normalized spacial score (nSPS) is 38.5. The first-order valence-corrected chi connectivity index (χ1v) is 6.24. The Morgan fingerprint density at radius 1 is 1.23 bits per heavy atom. The lowest BCUT2D eigenvalue weighted by molar-refractivity contribution is 0.519. The second-order valence-corrected chi connectivity index (χ2v) is 6.83. The van der Waals surface area contributed by atoms with E-state index in [1.165, 1.54) is 0 Å². The summed E-state index contributed by atoms with van der Waals surface area (Å²) in [5, 5.41) is 0. The first-order chi connectivity index (χ1) is 6.03. The van der Waals surface area contributed by atoms with Crippen LogP contribution in [0.4, 0.5) is 0 Å². The predicted octanol–water partition coefficient (Wildman–Crippen LogP) is 1.34. The molecule has 0 N–H and O–H groups in total. The zero-order valence-corrected chi connectivity index (χ0v) is 8.92. The maximum absolute atomic E-state index is 12.2. The number of hydrogen-bond acceptors (Lipinski definition) is 1. The topological polar surface area (TPSA) is 20.3 Å². The molecule has 0 spiro atoms. The molecule has 1 aliphatic rings. The van der Waals surface area contributed by atoms with Gasteiger partial charge < -0.3 is 4.57 Å². The van der Waals surface area contributed by atoms with Gasteiger partial charge in [-0.05, 0) is 14.1 Å². The average molecular weight is 195 g/mol. The Hall–Kier alpha value is -0.690. The van der Waals surface area contributed by atoms with E-state index in [2.05, 4.69) is 11.8 Å². The number of terminal acetylenes is 2. The van der Waals surface area contributed by atoms with E-state index in [1.807, 2.05) is 14.1 Å². The molecule has 1 fully saturated rings. The molecule has 1 saturated heterocycles. The van der Waals surface area contributed by atoms with Crippen molar-refractivity contribution < 1.29 is 4.57 Å². The van der Waals surface area contributed by atoms with Crippen molar-refractivity contribution in [1.82, 2.24) is 4.67 Å². The van der Waals surface area contributed by atoms with Crippen LogP contribution in [-0.2, 0) is 4.57 Å². The van der Waals surface area contributed by atoms with Gasteiger partial charge in [0.25, 0.3) is 0 Å². The van der Waals surface area contributed by atoms with Gasteiger partial charge >= 0.3 is 0 Å². The number of hydrogen-bond donors (Lipinski definition) is 0. The first-order valence-electron chi connectivity index (χ1n) is 4.21. The molecule has 70 valence electrons. The molecule has 13 heavy (non-hydrogen) atoms. The van der Waals surface area contributed by atoms with Gasteiger partial charge in [0.15, 0.2) is 7.29 Å². The molecule has 0 radical (unpaired) electrons. The van der Waals surface area contributed by atoms with Gasteiger partial charge in [0.05, 0.1) is 0 Å². The van der Waals surface area contributed by atoms with Gasteiger partial charge in [-0.1, -0.05) is 0 Å². The Morgan fingerprint density at radius 2 is 1.62 bits per heavy atom. The Balaban J connectivity index is 2.88. The molecule has 2 unspecified atom stereocenters. The molecule has 0 aromatic rings. The van der Waals surface area contributed by atoms with E-state index in [4.69, 9.17) is 12.8 Å². The average Bonchev–Trinajstić information content (AvgIpc) is 2.43. The highest BCUT2D eigenvalue weighted by atomic mass is 31.2. The first kappa shape index (κ1) is 10.4. The van der Waals surface area contributed by atoms with E-state index in [9.17, 15) is 4.57 Å². The van der Waals surface area contributed by atoms with Crippen LogP contribution in [0.3, 0.4) is 0 Å². The molecular weight excluding hydrogens is 181 g/mol. The molecule has 2 nitrogen and oxygen atoms in total. The van der Waals surface area contributed by atoms with E-state index in [-0.39, 0.29) is 11.8 Å². The predicted molar refractivity (Wildman–Crippen MR) is 55.7 cm³/mol. The van der Waals surface area contributed by atoms with Gasteiger partial charge in [0.2, 0.25) is 0 Å². The van der Waals surface area contributed by atoms with Crippen molar-refractivity contribution in [3.05, 3.63) is 0 Å². The minimum Gasteiger partial charge on any atom is -0.306 e. The summed E-state index contributed by atoms with van der Waals surface area (Å²) in [6.45, 7) is 0. The van der Waals surface area contributed by atoms with Crippen LogP contribution in [0.1, 0.15) is 0 Å². The largest absolute Gasteiger partial charge is 0.306 e. The molecule has 1 heterocycles. The van der Waals surface area contributed by atoms with E-state index < -0.39 is 7.29 Å². The van der Waals surface area contributed by atoms with Crippen molar-refractivity contribution in [3.8, 4) is 24.7 Å². The van der Waals surface area contributed by atoms with Gasteiger partial charge in [0, 0.05) is 24.2 Å². The highest BCUT2D eigenvalue weighted by Gasteiger charge is 2.41. The third-order valence-corrected chi connectivity index (χ3v) is 5.99. The van der Waals surface area contributed by atoms with Crippen LogP contribution in [-0.4, -0.2) is 31.1 Å². The fraction of sp³-hybridized carbons (Fsp3) is 0.600. The van der Waals surface area contributed by atoms with Crippen LogP contribution < -0.4 is 0 Å². The lowest BCUT2D eigenvalue weighted by Gasteiger charge is -2.19. The van der Waals surface area contributed by atoms with Crippen molar-refractivity contribution in [3.63, 3.8) is 0 Å². The Kier molecular flexibility index (Phi) is 2.87. The molecule has 0 aliphatic carbocycles. The quantitative estimate of drug-likeness (QED) is 0.465. The van der Waals surface area contributed by atoms with Gasteiger partial charge in [-0.3, -0.25) is 4.67 Å². The summed E-state index contributed by atoms with van der Waals surface area (Å²) in [6, 6.07) is 0. The van der Waals surface area contributed by atoms with E-state index in [0.717, 1.165) is 0 Å². The Bertz CT molecular complexity index is 295. The van der Waals surface area contributed by atoms with Crippen molar-refractivity contribution >= 4 is 7.29 Å². The molecule has 0 aromatic carbocycles. The standard InChI is InChI=1S/C10H14NOP/c1-5-9-7-13(12,11(3)4)8-10(9)6-2/h1-2,9-10H,7-8H2,3-4H3. The minimum atomic E-state index is -2.24. The van der Waals surface area contributed by atoms with Crippen LogP contribution in [0.2, 0.25) is 0 Å². The van der Waals surface area contributed by atoms with E-state index in [1.54, 1.807) is 4.67 Å². The summed E-state index contributed by atoms with van der Waals surface area (Å²) < 4.78 is 14.0. The lowest BCUT2D eigenvalue weighted by Crippen LogP contribution is -2.10. The smallest absolute Gasteiger partial charge is 0.152 e. The zero-order chi connectivity index (χ0) is 10.1. The molecule has 3 heteroatoms. The molecular formula is C10H14NOP. The van der Waals surface area contributed by atoms with Crippen LogP contribution >= 0.6 is 7.29 Å². The Morgan fingerprint density at radius 3 is 1.85 bits per heavy atom. The summed E-state index contributed by atoms with van der Waals surface area (Å²) >= 11 is 0. The molecule has 0 aromatic heterocycles. The summed E-state index contributed by atoms with van der Waals surface area (Å²) in [6.07, 6.45) is 11.8. The molecule has 0 bridgehead atoms. The third-order valence-electron chi connectivity index (χ3n) is 2.61. The van der Waals surface area contributed by atoms with Crippen LogP contribution in [0.5, 0.6) is 0 Å². The fourth-order valence-electron chi connectivity index (χ4n) is 1.61. The van der Waals surface area contributed by atoms with Crippen molar-refractivity contribution in [1.29, 1.82) is 0 Å². The molecule has 2 atom stereocenters. The highest BCUT2D eigenvalue weighted by Crippen LogP contribution is 2.57. The summed E-state index contributed by atoms with van der Waals surface area (Å²) in [7, 11) is 1.41. The molecule has 1 rings (SSSR count). The van der Waals surface area contributed by atoms with Crippen LogP contribution in [0.15, 0.2) is 0 Å². The van der Waals surface area contributed by atoms with Crippen molar-refractivity contribution in [2.75, 3.05) is 26.4 Å². The van der Waals surface area contributed by atoms with Crippen LogP contribution in [0, 0.1) is 36.5 Å². The number of rotatable bonds is 1. The van der Waals surface area contributed by atoms with Gasteiger partial charge in [0.1, 0.15) is 0 Å². The third kappa shape index (κ3) is 1.80. The highest BCUT2D eigenvalue weighted by molar-refractivity contribution is 7.61. The van der Waals surface area contributed by atoms with E-state index in [0.29, 0.717) is 12.3 Å². The van der Waals surface area contributed by atoms with Gasteiger partial charge in [-0.2, -0.15) is 0 Å². The van der Waals surface area contributed by atoms with Crippen molar-refractivity contribution in [2.45, 2.75) is 0 Å². The van der Waals surface area contributed by atoms with Crippen molar-refractivity contribution in [2.24, 2.45) is 11.8 Å². The molecule has 1 aliphatic heterocycles. The van der Waals surface area contributed by atoms with Gasteiger partial charge in [-0.15, -0.1) is 24.7 Å². The minimum absolute atomic E-state index is 0.00164.